The lowest BCUT2D eigenvalue weighted by molar-refractivity contribution is -0.142. The van der Waals surface area contributed by atoms with Gasteiger partial charge < -0.3 is 18.7 Å². The van der Waals surface area contributed by atoms with Crippen molar-refractivity contribution in [3.05, 3.63) is 58.6 Å². The van der Waals surface area contributed by atoms with Gasteiger partial charge in [0.2, 0.25) is 5.78 Å². The van der Waals surface area contributed by atoms with Crippen molar-refractivity contribution < 1.29 is 33.1 Å². The summed E-state index contributed by atoms with van der Waals surface area (Å²) in [5, 5.41) is 3.99. The molecule has 2 aromatic heterocycles. The number of aromatic nitrogens is 2. The molecule has 0 N–H and O–H groups in total. The van der Waals surface area contributed by atoms with E-state index < -0.39 is 12.6 Å². The second kappa shape index (κ2) is 9.32. The molecule has 1 aromatic carbocycles. The van der Waals surface area contributed by atoms with Crippen LogP contribution in [0.2, 0.25) is 0 Å². The molecule has 172 valence electrons. The predicted octanol–water partition coefficient (Wildman–Crippen LogP) is 3.55. The van der Waals surface area contributed by atoms with Crippen molar-refractivity contribution in [1.82, 2.24) is 9.72 Å². The van der Waals surface area contributed by atoms with E-state index in [1.807, 2.05) is 6.92 Å². The molecule has 0 unspecified atom stereocenters. The zero-order valence-electron chi connectivity index (χ0n) is 18.7. The molecule has 0 aliphatic carbocycles. The molecular formula is C24H24N2O7. The molecule has 3 heterocycles. The number of benzene rings is 1. The van der Waals surface area contributed by atoms with Gasteiger partial charge in [-0.2, -0.15) is 0 Å². The van der Waals surface area contributed by atoms with Crippen molar-refractivity contribution in [3.63, 3.8) is 0 Å². The van der Waals surface area contributed by atoms with E-state index in [0.29, 0.717) is 53.1 Å². The van der Waals surface area contributed by atoms with E-state index in [-0.39, 0.29) is 24.4 Å². The van der Waals surface area contributed by atoms with Crippen LogP contribution in [0.1, 0.15) is 50.7 Å². The molecule has 4 rings (SSSR count). The molecule has 33 heavy (non-hydrogen) atoms. The average molecular weight is 452 g/mol. The molecule has 0 bridgehead atoms. The zero-order chi connectivity index (χ0) is 23.5. The van der Waals surface area contributed by atoms with Crippen LogP contribution >= 0.6 is 0 Å². The summed E-state index contributed by atoms with van der Waals surface area (Å²) in [5.74, 6) is 1.17. The molecular weight excluding hydrogens is 428 g/mol. The lowest BCUT2D eigenvalue weighted by Gasteiger charge is -2.18. The maximum atomic E-state index is 12.6. The fraction of sp³-hybridized carbons (Fsp3) is 0.333. The van der Waals surface area contributed by atoms with Crippen LogP contribution in [0.25, 0.3) is 5.82 Å². The Bertz CT molecular complexity index is 1220. The van der Waals surface area contributed by atoms with Gasteiger partial charge in [0.15, 0.2) is 29.7 Å². The first kappa shape index (κ1) is 22.3. The number of aryl methyl sites for hydroxylation is 2. The zero-order valence-corrected chi connectivity index (χ0v) is 18.7. The summed E-state index contributed by atoms with van der Waals surface area (Å²) < 4.78 is 23.0. The number of Topliss-reactive ketones (excluding diaryl/α,β-unsaturated/α-hetero) is 2. The highest BCUT2D eigenvalue weighted by Gasteiger charge is 2.20. The Balaban J connectivity index is 1.31. The van der Waals surface area contributed by atoms with E-state index in [0.717, 1.165) is 5.69 Å². The lowest BCUT2D eigenvalue weighted by Crippen LogP contribution is -2.16. The van der Waals surface area contributed by atoms with Gasteiger partial charge in [0, 0.05) is 35.0 Å². The summed E-state index contributed by atoms with van der Waals surface area (Å²) in [6, 6.07) is 8.41. The summed E-state index contributed by atoms with van der Waals surface area (Å²) in [6.07, 6.45) is -0.162. The van der Waals surface area contributed by atoms with Crippen LogP contribution in [0.5, 0.6) is 11.5 Å². The smallest absolute Gasteiger partial charge is 0.306 e. The first-order valence-electron chi connectivity index (χ1n) is 10.6. The van der Waals surface area contributed by atoms with Gasteiger partial charge in [-0.15, -0.1) is 0 Å². The molecule has 1 aliphatic rings. The number of carbonyl (C=O) groups is 3. The summed E-state index contributed by atoms with van der Waals surface area (Å²) in [7, 11) is 0. The van der Waals surface area contributed by atoms with Gasteiger partial charge in [0.05, 0.1) is 6.42 Å². The monoisotopic (exact) mass is 452 g/mol. The van der Waals surface area contributed by atoms with E-state index in [1.54, 1.807) is 48.7 Å². The van der Waals surface area contributed by atoms with Crippen molar-refractivity contribution in [3.8, 4) is 17.3 Å². The number of ether oxygens (including phenoxy) is 3. The second-order valence-corrected chi connectivity index (χ2v) is 7.78. The molecule has 0 spiro atoms. The normalized spacial score (nSPS) is 12.5. The summed E-state index contributed by atoms with van der Waals surface area (Å²) >= 11 is 0. The van der Waals surface area contributed by atoms with E-state index in [1.165, 1.54) is 0 Å². The number of rotatable bonds is 8. The van der Waals surface area contributed by atoms with Gasteiger partial charge in [-0.3, -0.25) is 19.0 Å². The van der Waals surface area contributed by atoms with Crippen molar-refractivity contribution in [2.75, 3.05) is 19.8 Å². The van der Waals surface area contributed by atoms with E-state index in [9.17, 15) is 14.4 Å². The van der Waals surface area contributed by atoms with Crippen LogP contribution in [-0.2, 0) is 9.53 Å². The van der Waals surface area contributed by atoms with Crippen LogP contribution in [0.4, 0.5) is 0 Å². The van der Waals surface area contributed by atoms with Gasteiger partial charge in [0.25, 0.3) is 0 Å². The van der Waals surface area contributed by atoms with Crippen LogP contribution in [-0.4, -0.2) is 47.1 Å². The van der Waals surface area contributed by atoms with Gasteiger partial charge in [-0.25, -0.2) is 0 Å². The number of hydrogen-bond acceptors (Lipinski definition) is 8. The minimum Gasteiger partial charge on any atom is -0.486 e. The highest BCUT2D eigenvalue weighted by molar-refractivity contribution is 6.00. The van der Waals surface area contributed by atoms with Gasteiger partial charge in [0.1, 0.15) is 19.0 Å². The van der Waals surface area contributed by atoms with Crippen LogP contribution in [0, 0.1) is 20.8 Å². The summed E-state index contributed by atoms with van der Waals surface area (Å²) in [6.45, 7) is 5.91. The number of esters is 1. The van der Waals surface area contributed by atoms with Crippen molar-refractivity contribution in [2.24, 2.45) is 0 Å². The van der Waals surface area contributed by atoms with Crippen LogP contribution in [0.3, 0.4) is 0 Å². The number of hydrogen-bond donors (Lipinski definition) is 0. The van der Waals surface area contributed by atoms with Crippen molar-refractivity contribution in [2.45, 2.75) is 33.6 Å². The van der Waals surface area contributed by atoms with Gasteiger partial charge in [-0.1, -0.05) is 5.16 Å². The van der Waals surface area contributed by atoms with Crippen LogP contribution < -0.4 is 9.47 Å². The quantitative estimate of drug-likeness (QED) is 0.377. The predicted molar refractivity (Wildman–Crippen MR) is 116 cm³/mol. The fourth-order valence-corrected chi connectivity index (χ4v) is 3.73. The van der Waals surface area contributed by atoms with Gasteiger partial charge >= 0.3 is 5.97 Å². The maximum absolute atomic E-state index is 12.6. The summed E-state index contributed by atoms with van der Waals surface area (Å²) in [4.78, 5) is 37.2. The Hall–Kier alpha value is -3.88. The average Bonchev–Trinajstić information content (AvgIpc) is 3.36. The molecule has 0 radical (unpaired) electrons. The first-order chi connectivity index (χ1) is 15.8. The fourth-order valence-electron chi connectivity index (χ4n) is 3.73. The third kappa shape index (κ3) is 4.82. The SMILES string of the molecule is Cc1cc(-n2c(C)cc(C(=O)COC(=O)CCC(=O)c3ccc4c(c3)OCCO4)c2C)no1. The molecule has 9 heteroatoms. The molecule has 9 nitrogen and oxygen atoms in total. The molecule has 0 fully saturated rings. The number of nitrogens with zero attached hydrogens (tertiary/aromatic N) is 2. The standard InChI is InChI=1S/C24H24N2O7/c1-14-10-18(16(3)26(14)23-11-15(2)33-25-23)20(28)13-32-24(29)7-5-19(27)17-4-6-21-22(12-17)31-9-8-30-21/h4,6,10-12H,5,7-9,13H2,1-3H3. The minimum absolute atomic E-state index is 0.0350. The third-order valence-corrected chi connectivity index (χ3v) is 5.36. The number of ketones is 2. The topological polar surface area (TPSA) is 110 Å². The molecule has 3 aromatic rings. The highest BCUT2D eigenvalue weighted by atomic mass is 16.6. The first-order valence-corrected chi connectivity index (χ1v) is 10.6. The third-order valence-electron chi connectivity index (χ3n) is 5.36. The van der Waals surface area contributed by atoms with Crippen molar-refractivity contribution in [1.29, 1.82) is 0 Å². The lowest BCUT2D eigenvalue weighted by atomic mass is 10.1. The Labute approximate surface area is 190 Å². The molecule has 0 amide bonds. The number of fused-ring (bicyclic) bond motifs is 1. The molecule has 0 atom stereocenters. The Morgan fingerprint density at radius 3 is 2.45 bits per heavy atom. The Morgan fingerprint density at radius 2 is 1.73 bits per heavy atom. The van der Waals surface area contributed by atoms with E-state index >= 15 is 0 Å². The maximum Gasteiger partial charge on any atom is 0.306 e. The van der Waals surface area contributed by atoms with E-state index in [2.05, 4.69) is 5.16 Å². The minimum atomic E-state index is -0.616. The van der Waals surface area contributed by atoms with E-state index in [4.69, 9.17) is 18.7 Å². The molecule has 1 aliphatic heterocycles. The number of carbonyl (C=O) groups excluding carboxylic acids is 3. The Morgan fingerprint density at radius 1 is 0.970 bits per heavy atom. The second-order valence-electron chi connectivity index (χ2n) is 7.78. The molecule has 0 saturated carbocycles. The van der Waals surface area contributed by atoms with Crippen molar-refractivity contribution >= 4 is 17.5 Å². The summed E-state index contributed by atoms with van der Waals surface area (Å²) in [5.41, 5.74) is 2.35. The van der Waals surface area contributed by atoms with Gasteiger partial charge in [-0.05, 0) is 45.0 Å². The molecule has 0 saturated heterocycles. The highest BCUT2D eigenvalue weighted by Crippen LogP contribution is 2.31. The Kier molecular flexibility index (Phi) is 6.30. The van der Waals surface area contributed by atoms with Crippen LogP contribution in [0.15, 0.2) is 34.9 Å². The largest absolute Gasteiger partial charge is 0.486 e.